The van der Waals surface area contributed by atoms with Gasteiger partial charge in [-0.25, -0.2) is 4.79 Å². The van der Waals surface area contributed by atoms with Crippen molar-refractivity contribution in [3.8, 4) is 5.75 Å². The Morgan fingerprint density at radius 3 is 1.13 bits per heavy atom. The maximum Gasteiger partial charge on any atom is 0.343 e. The predicted octanol–water partition coefficient (Wildman–Crippen LogP) is 10.1. The monoisotopic (exact) mass is 528 g/mol. The first kappa shape index (κ1) is 37.2. The topological polar surface area (TPSA) is 43.4 Å². The van der Waals surface area contributed by atoms with Gasteiger partial charge in [0.25, 0.3) is 0 Å². The number of esters is 1. The van der Waals surface area contributed by atoms with Crippen LogP contribution in [0.15, 0.2) is 121 Å². The number of para-hydroxylation sites is 1. The van der Waals surface area contributed by atoms with Crippen LogP contribution in [0.1, 0.15) is 76.9 Å². The van der Waals surface area contributed by atoms with Gasteiger partial charge < -0.3 is 4.74 Å². The predicted molar refractivity (Wildman–Crippen MR) is 169 cm³/mol. The average molecular weight is 529 g/mol. The first-order valence-corrected chi connectivity index (χ1v) is 14.1. The Hall–Kier alpha value is -3.98. The van der Waals surface area contributed by atoms with E-state index in [1.165, 1.54) is 0 Å². The second-order valence-electron chi connectivity index (χ2n) is 6.93. The van der Waals surface area contributed by atoms with Crippen LogP contribution in [0.25, 0.3) is 0 Å². The van der Waals surface area contributed by atoms with Crippen LogP contribution >= 0.6 is 0 Å². The van der Waals surface area contributed by atoms with Crippen molar-refractivity contribution in [3.63, 3.8) is 0 Å². The number of carbonyl (C=O) groups is 2. The standard InChI is InChI=1S/C15H14O.C13H10O2.4C2H6/c16-15(11-13-7-3-1-4-8-13)12-14-9-5-2-6-10-14;14-13(11-7-3-1-4-8-11)15-12-9-5-2-6-10-12;4*1-2/h1-10H,11-12H2;1-10H;4*1-2H3. The number of rotatable bonds is 6. The van der Waals surface area contributed by atoms with Crippen molar-refractivity contribution in [1.82, 2.24) is 0 Å². The van der Waals surface area contributed by atoms with Gasteiger partial charge in [-0.1, -0.05) is 152 Å². The van der Waals surface area contributed by atoms with E-state index in [0.717, 1.165) is 11.1 Å². The third-order valence-electron chi connectivity index (χ3n) is 4.45. The molecule has 0 saturated heterocycles. The van der Waals surface area contributed by atoms with E-state index in [0.29, 0.717) is 24.2 Å². The Labute approximate surface area is 237 Å². The summed E-state index contributed by atoms with van der Waals surface area (Å²) in [6, 6.07) is 37.7. The molecule has 0 spiro atoms. The molecule has 4 aromatic carbocycles. The fourth-order valence-electron chi connectivity index (χ4n) is 2.94. The molecule has 0 heterocycles. The summed E-state index contributed by atoms with van der Waals surface area (Å²) in [5.41, 5.74) is 2.73. The summed E-state index contributed by atoms with van der Waals surface area (Å²) in [7, 11) is 0. The van der Waals surface area contributed by atoms with E-state index in [2.05, 4.69) is 0 Å². The molecule has 0 N–H and O–H groups in total. The van der Waals surface area contributed by atoms with Gasteiger partial charge in [0.1, 0.15) is 11.5 Å². The lowest BCUT2D eigenvalue weighted by molar-refractivity contribution is -0.117. The minimum absolute atomic E-state index is 0.261. The number of ketones is 1. The number of ether oxygens (including phenoxy) is 1. The third kappa shape index (κ3) is 18.0. The highest BCUT2D eigenvalue weighted by Crippen LogP contribution is 2.11. The van der Waals surface area contributed by atoms with E-state index in [-0.39, 0.29) is 11.8 Å². The van der Waals surface area contributed by atoms with E-state index >= 15 is 0 Å². The zero-order chi connectivity index (χ0) is 29.7. The summed E-state index contributed by atoms with van der Waals surface area (Å²) in [5, 5.41) is 0. The van der Waals surface area contributed by atoms with Crippen LogP contribution in [0.3, 0.4) is 0 Å². The number of hydrogen-bond donors (Lipinski definition) is 0. The zero-order valence-corrected chi connectivity index (χ0v) is 25.2. The van der Waals surface area contributed by atoms with Crippen LogP contribution in [0, 0.1) is 0 Å². The van der Waals surface area contributed by atoms with Gasteiger partial charge in [-0.05, 0) is 35.4 Å². The molecule has 0 unspecified atom stereocenters. The van der Waals surface area contributed by atoms with Gasteiger partial charge >= 0.3 is 5.97 Å². The van der Waals surface area contributed by atoms with Gasteiger partial charge in [-0.2, -0.15) is 0 Å². The molecule has 210 valence electrons. The van der Waals surface area contributed by atoms with Gasteiger partial charge in [0, 0.05) is 12.8 Å². The normalized spacial score (nSPS) is 8.41. The maximum absolute atomic E-state index is 11.8. The summed E-state index contributed by atoms with van der Waals surface area (Å²) in [6.07, 6.45) is 1.05. The fraction of sp³-hybridized carbons (Fsp3) is 0.278. The molecule has 3 nitrogen and oxygen atoms in total. The Morgan fingerprint density at radius 1 is 0.462 bits per heavy atom. The molecule has 0 aromatic heterocycles. The summed E-state index contributed by atoms with van der Waals surface area (Å²) >= 11 is 0. The van der Waals surface area contributed by atoms with Crippen molar-refractivity contribution in [3.05, 3.63) is 138 Å². The van der Waals surface area contributed by atoms with Crippen LogP contribution in [-0.4, -0.2) is 11.8 Å². The molecule has 39 heavy (non-hydrogen) atoms. The molecule has 4 aromatic rings. The van der Waals surface area contributed by atoms with Gasteiger partial charge in [0.2, 0.25) is 0 Å². The number of hydrogen-bond acceptors (Lipinski definition) is 3. The SMILES string of the molecule is CC.CC.CC.CC.O=C(Cc1ccccc1)Cc1ccccc1.O=C(Oc1ccccc1)c1ccccc1. The summed E-state index contributed by atoms with van der Waals surface area (Å²) in [6.45, 7) is 16.0. The molecule has 0 atom stereocenters. The quantitative estimate of drug-likeness (QED) is 0.185. The second-order valence-corrected chi connectivity index (χ2v) is 6.93. The average Bonchev–Trinajstić information content (AvgIpc) is 3.03. The lowest BCUT2D eigenvalue weighted by Crippen LogP contribution is -2.07. The molecular formula is C36H48O3. The van der Waals surface area contributed by atoms with Crippen LogP contribution in [0.2, 0.25) is 0 Å². The Bertz CT molecular complexity index is 1020. The number of benzene rings is 4. The highest BCUT2D eigenvalue weighted by atomic mass is 16.5. The molecule has 0 aliphatic rings. The first-order chi connectivity index (χ1) is 19.2. The summed E-state index contributed by atoms with van der Waals surface area (Å²) in [4.78, 5) is 23.4. The molecule has 0 saturated carbocycles. The molecule has 0 amide bonds. The fourth-order valence-corrected chi connectivity index (χ4v) is 2.94. The Kier molecular flexibility index (Phi) is 25.8. The molecule has 4 rings (SSSR count). The van der Waals surface area contributed by atoms with Gasteiger partial charge in [0.05, 0.1) is 5.56 Å². The minimum Gasteiger partial charge on any atom is -0.423 e. The van der Waals surface area contributed by atoms with E-state index in [1.54, 1.807) is 24.3 Å². The van der Waals surface area contributed by atoms with E-state index in [4.69, 9.17) is 4.74 Å². The first-order valence-electron chi connectivity index (χ1n) is 14.1. The van der Waals surface area contributed by atoms with Crippen LogP contribution in [0.5, 0.6) is 5.75 Å². The van der Waals surface area contributed by atoms with Crippen LogP contribution in [0.4, 0.5) is 0 Å². The molecule has 0 fully saturated rings. The molecule has 3 heteroatoms. The van der Waals surface area contributed by atoms with Crippen molar-refractivity contribution in [2.45, 2.75) is 68.2 Å². The van der Waals surface area contributed by atoms with E-state index in [9.17, 15) is 9.59 Å². The van der Waals surface area contributed by atoms with Crippen molar-refractivity contribution in [1.29, 1.82) is 0 Å². The molecule has 0 aliphatic carbocycles. The number of carbonyl (C=O) groups excluding carboxylic acids is 2. The van der Waals surface area contributed by atoms with Crippen molar-refractivity contribution >= 4 is 11.8 Å². The Morgan fingerprint density at radius 2 is 0.769 bits per heavy atom. The lowest BCUT2D eigenvalue weighted by Gasteiger charge is -2.02. The van der Waals surface area contributed by atoms with Gasteiger partial charge in [-0.15, -0.1) is 0 Å². The molecule has 0 bridgehead atoms. The minimum atomic E-state index is -0.332. The highest BCUT2D eigenvalue weighted by molar-refractivity contribution is 5.90. The zero-order valence-electron chi connectivity index (χ0n) is 25.2. The maximum atomic E-state index is 11.8. The smallest absolute Gasteiger partial charge is 0.343 e. The molecule has 0 radical (unpaired) electrons. The molecule has 0 aliphatic heterocycles. The highest BCUT2D eigenvalue weighted by Gasteiger charge is 2.06. The Balaban J connectivity index is 0. The lowest BCUT2D eigenvalue weighted by atomic mass is 10.0. The van der Waals surface area contributed by atoms with Gasteiger partial charge in [-0.3, -0.25) is 4.79 Å². The van der Waals surface area contributed by atoms with Crippen LogP contribution in [-0.2, 0) is 17.6 Å². The van der Waals surface area contributed by atoms with Gasteiger partial charge in [0.15, 0.2) is 0 Å². The molecular weight excluding hydrogens is 480 g/mol. The van der Waals surface area contributed by atoms with Crippen molar-refractivity contribution in [2.75, 3.05) is 0 Å². The van der Waals surface area contributed by atoms with E-state index in [1.807, 2.05) is 152 Å². The largest absolute Gasteiger partial charge is 0.423 e. The summed E-state index contributed by atoms with van der Waals surface area (Å²) < 4.78 is 5.16. The van der Waals surface area contributed by atoms with Crippen molar-refractivity contribution in [2.24, 2.45) is 0 Å². The van der Waals surface area contributed by atoms with E-state index < -0.39 is 0 Å². The van der Waals surface area contributed by atoms with Crippen molar-refractivity contribution < 1.29 is 14.3 Å². The van der Waals surface area contributed by atoms with Crippen LogP contribution < -0.4 is 4.74 Å². The third-order valence-corrected chi connectivity index (χ3v) is 4.45. The summed E-state index contributed by atoms with van der Waals surface area (Å²) in [5.74, 6) is 0.491. The second kappa shape index (κ2) is 27.1. The number of Topliss-reactive ketones (excluding diaryl/α,β-unsaturated/α-hetero) is 1.